The average molecular weight is 168 g/mol. The molecule has 0 radical (unpaired) electrons. The van der Waals surface area contributed by atoms with E-state index in [1.807, 2.05) is 0 Å². The Labute approximate surface area is 75.5 Å². The summed E-state index contributed by atoms with van der Waals surface area (Å²) in [6.45, 7) is 2.51. The van der Waals surface area contributed by atoms with Gasteiger partial charge in [-0.25, -0.2) is 0 Å². The molecule has 0 bridgehead atoms. The summed E-state index contributed by atoms with van der Waals surface area (Å²) >= 11 is 0. The Morgan fingerprint density at radius 2 is 2.00 bits per heavy atom. The monoisotopic (exact) mass is 168 g/mol. The SMILES string of the molecule is C/C(=C\CCO)C1CCCCC1. The maximum absolute atomic E-state index is 8.67. The lowest BCUT2D eigenvalue weighted by Crippen LogP contribution is -2.07. The molecule has 1 fully saturated rings. The molecule has 70 valence electrons. The molecule has 0 aromatic rings. The lowest BCUT2D eigenvalue weighted by Gasteiger charge is -2.22. The minimum atomic E-state index is 0.296. The van der Waals surface area contributed by atoms with Gasteiger partial charge >= 0.3 is 0 Å². The Hall–Kier alpha value is -0.300. The van der Waals surface area contributed by atoms with Gasteiger partial charge in [-0.15, -0.1) is 0 Å². The normalized spacial score (nSPS) is 21.3. The number of aliphatic hydroxyl groups is 1. The van der Waals surface area contributed by atoms with Gasteiger partial charge in [0, 0.05) is 6.61 Å². The van der Waals surface area contributed by atoms with E-state index in [2.05, 4.69) is 13.0 Å². The topological polar surface area (TPSA) is 20.2 Å². The first-order chi connectivity index (χ1) is 5.84. The Balaban J connectivity index is 2.33. The molecule has 0 atom stereocenters. The second-order valence-electron chi connectivity index (χ2n) is 3.80. The molecule has 0 saturated heterocycles. The van der Waals surface area contributed by atoms with Gasteiger partial charge in [0.1, 0.15) is 0 Å². The standard InChI is InChI=1S/C11H20O/c1-10(6-5-9-12)11-7-3-2-4-8-11/h6,11-12H,2-5,7-9H2,1H3/b10-6+. The molecule has 0 aliphatic heterocycles. The molecule has 0 aromatic heterocycles. The summed E-state index contributed by atoms with van der Waals surface area (Å²) < 4.78 is 0. The van der Waals surface area contributed by atoms with Crippen LogP contribution in [0.3, 0.4) is 0 Å². The van der Waals surface area contributed by atoms with Crippen LogP contribution in [0.15, 0.2) is 11.6 Å². The zero-order valence-electron chi connectivity index (χ0n) is 8.05. The smallest absolute Gasteiger partial charge is 0.0465 e. The highest BCUT2D eigenvalue weighted by Crippen LogP contribution is 2.29. The Morgan fingerprint density at radius 1 is 1.33 bits per heavy atom. The fourth-order valence-electron chi connectivity index (χ4n) is 2.02. The molecule has 1 N–H and O–H groups in total. The second kappa shape index (κ2) is 5.36. The first-order valence-corrected chi connectivity index (χ1v) is 5.12. The van der Waals surface area contributed by atoms with Crippen LogP contribution < -0.4 is 0 Å². The first kappa shape index (κ1) is 9.79. The van der Waals surface area contributed by atoms with Crippen molar-refractivity contribution in [3.05, 3.63) is 11.6 Å². The third kappa shape index (κ3) is 2.98. The van der Waals surface area contributed by atoms with Crippen LogP contribution in [0.25, 0.3) is 0 Å². The van der Waals surface area contributed by atoms with Gasteiger partial charge in [-0.3, -0.25) is 0 Å². The highest BCUT2D eigenvalue weighted by atomic mass is 16.2. The summed E-state index contributed by atoms with van der Waals surface area (Å²) in [4.78, 5) is 0. The third-order valence-corrected chi connectivity index (χ3v) is 2.84. The summed E-state index contributed by atoms with van der Waals surface area (Å²) in [5.41, 5.74) is 1.50. The van der Waals surface area contributed by atoms with Gasteiger partial charge in [-0.2, -0.15) is 0 Å². The molecule has 12 heavy (non-hydrogen) atoms. The summed E-state index contributed by atoms with van der Waals surface area (Å²) in [7, 11) is 0. The predicted octanol–water partition coefficient (Wildman–Crippen LogP) is 2.90. The van der Waals surface area contributed by atoms with Crippen molar-refractivity contribution in [1.82, 2.24) is 0 Å². The van der Waals surface area contributed by atoms with E-state index in [0.717, 1.165) is 12.3 Å². The van der Waals surface area contributed by atoms with Crippen molar-refractivity contribution >= 4 is 0 Å². The number of hydrogen-bond donors (Lipinski definition) is 1. The van der Waals surface area contributed by atoms with Gasteiger partial charge in [0.2, 0.25) is 0 Å². The Bertz CT molecular complexity index is 143. The van der Waals surface area contributed by atoms with E-state index in [1.165, 1.54) is 37.7 Å². The van der Waals surface area contributed by atoms with Crippen LogP contribution in [-0.4, -0.2) is 11.7 Å². The molecule has 0 unspecified atom stereocenters. The van der Waals surface area contributed by atoms with Crippen molar-refractivity contribution in [2.24, 2.45) is 5.92 Å². The van der Waals surface area contributed by atoms with Gasteiger partial charge in [-0.1, -0.05) is 30.9 Å². The van der Waals surface area contributed by atoms with Crippen LogP contribution in [0, 0.1) is 5.92 Å². The van der Waals surface area contributed by atoms with E-state index < -0.39 is 0 Å². The fourth-order valence-corrected chi connectivity index (χ4v) is 2.02. The number of aliphatic hydroxyl groups excluding tert-OH is 1. The molecule has 1 saturated carbocycles. The van der Waals surface area contributed by atoms with E-state index in [1.54, 1.807) is 0 Å². The lowest BCUT2D eigenvalue weighted by molar-refractivity contribution is 0.301. The third-order valence-electron chi connectivity index (χ3n) is 2.84. The molecule has 1 aliphatic rings. The molecule has 0 amide bonds. The quantitative estimate of drug-likeness (QED) is 0.642. The zero-order chi connectivity index (χ0) is 8.81. The van der Waals surface area contributed by atoms with Crippen LogP contribution in [-0.2, 0) is 0 Å². The van der Waals surface area contributed by atoms with Crippen LogP contribution in [0.4, 0.5) is 0 Å². The molecular formula is C11H20O. The van der Waals surface area contributed by atoms with Gasteiger partial charge in [0.15, 0.2) is 0 Å². The molecule has 1 rings (SSSR count). The second-order valence-corrected chi connectivity index (χ2v) is 3.80. The van der Waals surface area contributed by atoms with E-state index in [0.29, 0.717) is 6.61 Å². The zero-order valence-corrected chi connectivity index (χ0v) is 8.05. The molecule has 0 heterocycles. The maximum atomic E-state index is 8.67. The van der Waals surface area contributed by atoms with Gasteiger partial charge < -0.3 is 5.11 Å². The predicted molar refractivity (Wildman–Crippen MR) is 52.0 cm³/mol. The van der Waals surface area contributed by atoms with E-state index >= 15 is 0 Å². The van der Waals surface area contributed by atoms with Crippen molar-refractivity contribution in [2.45, 2.75) is 45.4 Å². The van der Waals surface area contributed by atoms with E-state index in [-0.39, 0.29) is 0 Å². The van der Waals surface area contributed by atoms with Crippen LogP contribution in [0.1, 0.15) is 45.4 Å². The van der Waals surface area contributed by atoms with Crippen molar-refractivity contribution in [3.63, 3.8) is 0 Å². The van der Waals surface area contributed by atoms with E-state index in [9.17, 15) is 0 Å². The molecule has 1 heteroatoms. The van der Waals surface area contributed by atoms with Crippen molar-refractivity contribution in [1.29, 1.82) is 0 Å². The maximum Gasteiger partial charge on any atom is 0.0465 e. The van der Waals surface area contributed by atoms with Crippen molar-refractivity contribution in [2.75, 3.05) is 6.61 Å². The minimum Gasteiger partial charge on any atom is -0.396 e. The highest BCUT2D eigenvalue weighted by Gasteiger charge is 2.13. The van der Waals surface area contributed by atoms with Gasteiger partial charge in [0.05, 0.1) is 0 Å². The summed E-state index contributed by atoms with van der Waals surface area (Å²) in [5.74, 6) is 0.824. The fraction of sp³-hybridized carbons (Fsp3) is 0.818. The largest absolute Gasteiger partial charge is 0.396 e. The summed E-state index contributed by atoms with van der Waals surface area (Å²) in [6.07, 6.45) is 9.99. The van der Waals surface area contributed by atoms with Crippen molar-refractivity contribution < 1.29 is 5.11 Å². The number of hydrogen-bond acceptors (Lipinski definition) is 1. The molecule has 0 spiro atoms. The number of rotatable bonds is 3. The Kier molecular flexibility index (Phi) is 4.37. The molecular weight excluding hydrogens is 148 g/mol. The average Bonchev–Trinajstić information content (AvgIpc) is 2.15. The molecule has 1 nitrogen and oxygen atoms in total. The first-order valence-electron chi connectivity index (χ1n) is 5.12. The van der Waals surface area contributed by atoms with Crippen LogP contribution in [0.2, 0.25) is 0 Å². The van der Waals surface area contributed by atoms with E-state index in [4.69, 9.17) is 5.11 Å². The summed E-state index contributed by atoms with van der Waals surface area (Å²) in [5, 5.41) is 8.67. The van der Waals surface area contributed by atoms with Gasteiger partial charge in [-0.05, 0) is 32.1 Å². The van der Waals surface area contributed by atoms with Crippen molar-refractivity contribution in [3.8, 4) is 0 Å². The van der Waals surface area contributed by atoms with Crippen LogP contribution >= 0.6 is 0 Å². The molecule has 1 aliphatic carbocycles. The van der Waals surface area contributed by atoms with Crippen LogP contribution in [0.5, 0.6) is 0 Å². The number of allylic oxidation sites excluding steroid dienone is 1. The van der Waals surface area contributed by atoms with Gasteiger partial charge in [0.25, 0.3) is 0 Å². The minimum absolute atomic E-state index is 0.296. The highest BCUT2D eigenvalue weighted by molar-refractivity contribution is 5.04. The molecule has 0 aromatic carbocycles. The summed E-state index contributed by atoms with van der Waals surface area (Å²) in [6, 6.07) is 0. The lowest BCUT2D eigenvalue weighted by atomic mass is 9.84. The Morgan fingerprint density at radius 3 is 2.58 bits per heavy atom.